The predicted molar refractivity (Wildman–Crippen MR) is 38.7 cm³/mol. The van der Waals surface area contributed by atoms with Gasteiger partial charge in [-0.05, 0) is 0 Å². The van der Waals surface area contributed by atoms with E-state index in [2.05, 4.69) is 0 Å². The summed E-state index contributed by atoms with van der Waals surface area (Å²) < 4.78 is 0. The van der Waals surface area contributed by atoms with E-state index in [4.69, 9.17) is 10.2 Å². The summed E-state index contributed by atoms with van der Waals surface area (Å²) in [7, 11) is 0. The van der Waals surface area contributed by atoms with Gasteiger partial charge in [0.25, 0.3) is 0 Å². The Morgan fingerprint density at radius 1 is 1.55 bits per heavy atom. The van der Waals surface area contributed by atoms with Crippen LogP contribution in [0.15, 0.2) is 0 Å². The summed E-state index contributed by atoms with van der Waals surface area (Å²) in [5.74, 6) is -0.449. The molecule has 0 amide bonds. The molecule has 0 heterocycles. The molecule has 0 fully saturated rings. The minimum absolute atomic E-state index is 0.237. The normalized spacial score (nSPS) is 18.9. The maximum atomic E-state index is 10.1. The Bertz CT molecular complexity index is 139. The molecule has 0 bridgehead atoms. The Hall–Kier alpha value is -0.680. The highest BCUT2D eigenvalue weighted by Gasteiger charge is 2.28. The number of nitro groups is 1. The zero-order valence-electron chi connectivity index (χ0n) is 6.60. The molecule has 3 atom stereocenters. The van der Waals surface area contributed by atoms with E-state index in [1.807, 2.05) is 0 Å². The Kier molecular flexibility index (Phi) is 3.99. The third-order valence-corrected chi connectivity index (χ3v) is 1.70. The number of nitrogens with zero attached hydrogens (tertiary/aromatic N) is 1. The van der Waals surface area contributed by atoms with E-state index in [9.17, 15) is 10.1 Å². The minimum atomic E-state index is -1.07. The fraction of sp³-hybridized carbons (Fsp3) is 1.00. The standard InChI is InChI=1S/C6H13NO4/c1-4(3-8)6(9)5(2)7(10)11/h4-6,8-9H,3H2,1-2H3. The van der Waals surface area contributed by atoms with Crippen LogP contribution in [0.3, 0.4) is 0 Å². The number of rotatable bonds is 4. The van der Waals surface area contributed by atoms with Crippen molar-refractivity contribution in [3.8, 4) is 0 Å². The van der Waals surface area contributed by atoms with Gasteiger partial charge in [-0.25, -0.2) is 0 Å². The van der Waals surface area contributed by atoms with Crippen molar-refractivity contribution in [3.63, 3.8) is 0 Å². The largest absolute Gasteiger partial charge is 0.396 e. The molecule has 0 aliphatic carbocycles. The van der Waals surface area contributed by atoms with Crippen LogP contribution in [0.4, 0.5) is 0 Å². The molecule has 3 unspecified atom stereocenters. The van der Waals surface area contributed by atoms with E-state index in [1.54, 1.807) is 6.92 Å². The van der Waals surface area contributed by atoms with Gasteiger partial charge in [-0.3, -0.25) is 10.1 Å². The van der Waals surface area contributed by atoms with Gasteiger partial charge in [-0.1, -0.05) is 6.92 Å². The first-order chi connectivity index (χ1) is 5.00. The molecule has 2 N–H and O–H groups in total. The van der Waals surface area contributed by atoms with Crippen LogP contribution < -0.4 is 0 Å². The van der Waals surface area contributed by atoms with Gasteiger partial charge in [-0.15, -0.1) is 0 Å². The average molecular weight is 163 g/mol. The molecule has 0 aromatic heterocycles. The summed E-state index contributed by atoms with van der Waals surface area (Å²) in [4.78, 5) is 9.57. The molecule has 0 saturated heterocycles. The van der Waals surface area contributed by atoms with Crippen LogP contribution >= 0.6 is 0 Å². The molecule has 5 nitrogen and oxygen atoms in total. The van der Waals surface area contributed by atoms with E-state index in [0.717, 1.165) is 0 Å². The topological polar surface area (TPSA) is 83.6 Å². The quantitative estimate of drug-likeness (QED) is 0.438. The van der Waals surface area contributed by atoms with E-state index in [0.29, 0.717) is 0 Å². The lowest BCUT2D eigenvalue weighted by Crippen LogP contribution is -2.37. The molecular formula is C6H13NO4. The summed E-state index contributed by atoms with van der Waals surface area (Å²) in [5.41, 5.74) is 0. The SMILES string of the molecule is CC(CO)C(O)C(C)[N+](=O)[O-]. The summed E-state index contributed by atoms with van der Waals surface area (Å²) in [6.45, 7) is 2.64. The summed E-state index contributed by atoms with van der Waals surface area (Å²) in [6, 6.07) is -1.02. The van der Waals surface area contributed by atoms with Crippen molar-refractivity contribution in [2.24, 2.45) is 5.92 Å². The van der Waals surface area contributed by atoms with Crippen molar-refractivity contribution in [3.05, 3.63) is 10.1 Å². The predicted octanol–water partition coefficient (Wildman–Crippen LogP) is -0.359. The average Bonchev–Trinajstić information content (AvgIpc) is 2.00. The Balaban J connectivity index is 4.00. The van der Waals surface area contributed by atoms with Crippen LogP contribution in [0, 0.1) is 16.0 Å². The molecule has 5 heteroatoms. The van der Waals surface area contributed by atoms with Crippen LogP contribution in [-0.4, -0.2) is 33.9 Å². The second kappa shape index (κ2) is 4.25. The molecule has 0 saturated carbocycles. The first kappa shape index (κ1) is 10.3. The number of aliphatic hydroxyl groups excluding tert-OH is 2. The van der Waals surface area contributed by atoms with Crippen LogP contribution in [0.25, 0.3) is 0 Å². The molecular weight excluding hydrogens is 150 g/mol. The lowest BCUT2D eigenvalue weighted by atomic mass is 10.0. The fourth-order valence-corrected chi connectivity index (χ4v) is 0.708. The van der Waals surface area contributed by atoms with Crippen LogP contribution in [-0.2, 0) is 0 Å². The minimum Gasteiger partial charge on any atom is -0.396 e. The van der Waals surface area contributed by atoms with E-state index < -0.39 is 23.0 Å². The van der Waals surface area contributed by atoms with Crippen molar-refractivity contribution in [2.45, 2.75) is 26.0 Å². The van der Waals surface area contributed by atoms with E-state index >= 15 is 0 Å². The molecule has 11 heavy (non-hydrogen) atoms. The lowest BCUT2D eigenvalue weighted by Gasteiger charge is -2.16. The summed E-state index contributed by atoms with van der Waals surface area (Å²) in [5, 5.41) is 27.8. The zero-order chi connectivity index (χ0) is 9.02. The first-order valence-corrected chi connectivity index (χ1v) is 3.43. The molecule has 0 spiro atoms. The molecule has 0 rings (SSSR count). The van der Waals surface area contributed by atoms with E-state index in [1.165, 1.54) is 6.92 Å². The zero-order valence-corrected chi connectivity index (χ0v) is 6.60. The number of hydrogen-bond donors (Lipinski definition) is 2. The Labute approximate surface area is 64.8 Å². The lowest BCUT2D eigenvalue weighted by molar-refractivity contribution is -0.531. The highest BCUT2D eigenvalue weighted by molar-refractivity contribution is 4.68. The molecule has 0 aromatic carbocycles. The summed E-state index contributed by atoms with van der Waals surface area (Å²) in [6.07, 6.45) is -1.07. The molecule has 0 aliphatic heterocycles. The van der Waals surface area contributed by atoms with Gasteiger partial charge in [0.15, 0.2) is 0 Å². The maximum Gasteiger partial charge on any atom is 0.236 e. The second-order valence-corrected chi connectivity index (χ2v) is 2.68. The van der Waals surface area contributed by atoms with Crippen molar-refractivity contribution < 1.29 is 15.1 Å². The van der Waals surface area contributed by atoms with Gasteiger partial charge < -0.3 is 10.2 Å². The molecule has 66 valence electrons. The first-order valence-electron chi connectivity index (χ1n) is 3.43. The van der Waals surface area contributed by atoms with Crippen molar-refractivity contribution in [2.75, 3.05) is 6.61 Å². The number of hydrogen-bond acceptors (Lipinski definition) is 4. The monoisotopic (exact) mass is 163 g/mol. The third-order valence-electron chi connectivity index (χ3n) is 1.70. The van der Waals surface area contributed by atoms with Gasteiger partial charge in [0.05, 0.1) is 0 Å². The van der Waals surface area contributed by atoms with Crippen molar-refractivity contribution in [1.29, 1.82) is 0 Å². The van der Waals surface area contributed by atoms with Crippen LogP contribution in [0.2, 0.25) is 0 Å². The molecule has 0 aliphatic rings. The van der Waals surface area contributed by atoms with Gasteiger partial charge in [0.2, 0.25) is 6.04 Å². The Morgan fingerprint density at radius 2 is 2.00 bits per heavy atom. The third kappa shape index (κ3) is 2.81. The highest BCUT2D eigenvalue weighted by Crippen LogP contribution is 2.08. The van der Waals surface area contributed by atoms with Gasteiger partial charge in [-0.2, -0.15) is 0 Å². The second-order valence-electron chi connectivity index (χ2n) is 2.68. The van der Waals surface area contributed by atoms with Crippen LogP contribution in [0.1, 0.15) is 13.8 Å². The van der Waals surface area contributed by atoms with Crippen molar-refractivity contribution >= 4 is 0 Å². The molecule has 0 aromatic rings. The van der Waals surface area contributed by atoms with E-state index in [-0.39, 0.29) is 6.61 Å². The smallest absolute Gasteiger partial charge is 0.236 e. The summed E-state index contributed by atoms with van der Waals surface area (Å²) >= 11 is 0. The van der Waals surface area contributed by atoms with Crippen molar-refractivity contribution in [1.82, 2.24) is 0 Å². The maximum absolute atomic E-state index is 10.1. The van der Waals surface area contributed by atoms with Gasteiger partial charge >= 0.3 is 0 Å². The number of aliphatic hydroxyl groups is 2. The van der Waals surface area contributed by atoms with Crippen LogP contribution in [0.5, 0.6) is 0 Å². The van der Waals surface area contributed by atoms with Gasteiger partial charge in [0.1, 0.15) is 6.10 Å². The fourth-order valence-electron chi connectivity index (χ4n) is 0.708. The Morgan fingerprint density at radius 3 is 2.27 bits per heavy atom. The van der Waals surface area contributed by atoms with Gasteiger partial charge in [0, 0.05) is 24.4 Å². The highest BCUT2D eigenvalue weighted by atomic mass is 16.6. The molecule has 0 radical (unpaired) electrons.